The van der Waals surface area contributed by atoms with E-state index in [1.165, 1.54) is 17.0 Å². The molecule has 2 aromatic carbocycles. The Bertz CT molecular complexity index is 974. The van der Waals surface area contributed by atoms with Gasteiger partial charge < -0.3 is 9.84 Å². The van der Waals surface area contributed by atoms with Gasteiger partial charge in [0.25, 0.3) is 0 Å². The van der Waals surface area contributed by atoms with Crippen molar-refractivity contribution in [3.8, 4) is 0 Å². The Morgan fingerprint density at radius 1 is 1.11 bits per heavy atom. The van der Waals surface area contributed by atoms with E-state index in [1.54, 1.807) is 19.1 Å². The van der Waals surface area contributed by atoms with Crippen molar-refractivity contribution in [3.63, 3.8) is 0 Å². The van der Waals surface area contributed by atoms with Crippen LogP contribution in [0.15, 0.2) is 54.6 Å². The van der Waals surface area contributed by atoms with E-state index in [9.17, 15) is 19.1 Å². The van der Waals surface area contributed by atoms with Crippen molar-refractivity contribution in [1.29, 1.82) is 0 Å². The Morgan fingerprint density at radius 2 is 1.79 bits per heavy atom. The van der Waals surface area contributed by atoms with Gasteiger partial charge in [0, 0.05) is 0 Å². The van der Waals surface area contributed by atoms with Crippen LogP contribution in [0.4, 0.5) is 14.3 Å². The average molecular weight is 400 g/mol. The summed E-state index contributed by atoms with van der Waals surface area (Å²) in [4.78, 5) is 29.6. The highest BCUT2D eigenvalue weighted by Gasteiger charge is 2.24. The quantitative estimate of drug-likeness (QED) is 0.652. The molecule has 0 fully saturated rings. The van der Waals surface area contributed by atoms with Crippen molar-refractivity contribution in [2.75, 3.05) is 4.90 Å². The van der Waals surface area contributed by atoms with Crippen molar-refractivity contribution < 1.29 is 23.8 Å². The SMILES string of the molecule is Cc1nc(N(Cc2ccc(F)cc2)C(=O)OCc2ccccc2)sc1C(=O)O. The molecular formula is C20H17FN2O4S. The van der Waals surface area contributed by atoms with Crippen molar-refractivity contribution in [1.82, 2.24) is 4.98 Å². The third-order valence-corrected chi connectivity index (χ3v) is 5.06. The normalized spacial score (nSPS) is 10.5. The number of amides is 1. The van der Waals surface area contributed by atoms with Crippen molar-refractivity contribution in [3.05, 3.63) is 82.1 Å². The first-order valence-corrected chi connectivity index (χ1v) is 9.19. The molecule has 1 amide bonds. The van der Waals surface area contributed by atoms with Gasteiger partial charge in [-0.3, -0.25) is 0 Å². The number of rotatable bonds is 6. The van der Waals surface area contributed by atoms with Crippen LogP contribution in [0.2, 0.25) is 0 Å². The predicted octanol–water partition coefficient (Wildman–Crippen LogP) is 4.63. The number of aryl methyl sites for hydroxylation is 1. The molecule has 3 rings (SSSR count). The Balaban J connectivity index is 1.84. The van der Waals surface area contributed by atoms with Gasteiger partial charge in [0.15, 0.2) is 5.13 Å². The van der Waals surface area contributed by atoms with Crippen LogP contribution in [-0.2, 0) is 17.9 Å². The van der Waals surface area contributed by atoms with E-state index in [0.717, 1.165) is 16.9 Å². The lowest BCUT2D eigenvalue weighted by Gasteiger charge is -2.19. The van der Waals surface area contributed by atoms with Gasteiger partial charge in [-0.15, -0.1) is 0 Å². The summed E-state index contributed by atoms with van der Waals surface area (Å²) in [6.07, 6.45) is -0.668. The van der Waals surface area contributed by atoms with Crippen LogP contribution in [0.5, 0.6) is 0 Å². The minimum absolute atomic E-state index is 0.0509. The molecule has 1 aromatic heterocycles. The smallest absolute Gasteiger partial charge is 0.416 e. The number of carboxylic acids is 1. The number of aromatic nitrogens is 1. The van der Waals surface area contributed by atoms with Gasteiger partial charge in [-0.05, 0) is 30.2 Å². The maximum atomic E-state index is 13.2. The first kappa shape index (κ1) is 19.5. The highest BCUT2D eigenvalue weighted by molar-refractivity contribution is 7.17. The highest BCUT2D eigenvalue weighted by Crippen LogP contribution is 2.28. The molecule has 1 heterocycles. The Morgan fingerprint density at radius 3 is 2.39 bits per heavy atom. The van der Waals surface area contributed by atoms with E-state index in [-0.39, 0.29) is 29.0 Å². The van der Waals surface area contributed by atoms with Crippen LogP contribution in [0.3, 0.4) is 0 Å². The minimum Gasteiger partial charge on any atom is -0.477 e. The Labute approximate surface area is 164 Å². The van der Waals surface area contributed by atoms with Gasteiger partial charge in [-0.25, -0.2) is 23.9 Å². The van der Waals surface area contributed by atoms with E-state index in [4.69, 9.17) is 4.74 Å². The van der Waals surface area contributed by atoms with Gasteiger partial charge >= 0.3 is 12.1 Å². The number of hydrogen-bond acceptors (Lipinski definition) is 5. The number of carboxylic acid groups (broad SMARTS) is 1. The van der Waals surface area contributed by atoms with Crippen LogP contribution >= 0.6 is 11.3 Å². The van der Waals surface area contributed by atoms with E-state index in [0.29, 0.717) is 11.3 Å². The molecule has 0 bridgehead atoms. The molecule has 0 radical (unpaired) electrons. The number of thiazole rings is 1. The van der Waals surface area contributed by atoms with Crippen molar-refractivity contribution >= 4 is 28.5 Å². The van der Waals surface area contributed by atoms with Crippen LogP contribution in [0, 0.1) is 12.7 Å². The molecule has 0 aliphatic heterocycles. The van der Waals surface area contributed by atoms with Gasteiger partial charge in [0.1, 0.15) is 17.3 Å². The second kappa shape index (κ2) is 8.62. The fraction of sp³-hybridized carbons (Fsp3) is 0.150. The molecule has 0 spiro atoms. The topological polar surface area (TPSA) is 79.7 Å². The Hall–Kier alpha value is -3.26. The van der Waals surface area contributed by atoms with Crippen molar-refractivity contribution in [2.24, 2.45) is 0 Å². The molecule has 0 atom stereocenters. The van der Waals surface area contributed by atoms with Gasteiger partial charge in [-0.2, -0.15) is 0 Å². The van der Waals surface area contributed by atoms with E-state index >= 15 is 0 Å². The average Bonchev–Trinajstić information content (AvgIpc) is 3.08. The number of nitrogens with zero attached hydrogens (tertiary/aromatic N) is 2. The van der Waals surface area contributed by atoms with E-state index in [2.05, 4.69) is 4.98 Å². The molecule has 0 saturated heterocycles. The number of hydrogen-bond donors (Lipinski definition) is 1. The third kappa shape index (κ3) is 4.72. The van der Waals surface area contributed by atoms with Crippen molar-refractivity contribution in [2.45, 2.75) is 20.1 Å². The summed E-state index contributed by atoms with van der Waals surface area (Å²) < 4.78 is 18.6. The molecular weight excluding hydrogens is 383 g/mol. The molecule has 8 heteroatoms. The Kier molecular flexibility index (Phi) is 6.00. The zero-order valence-electron chi connectivity index (χ0n) is 15.0. The molecule has 0 saturated carbocycles. The van der Waals surface area contributed by atoms with Crippen LogP contribution in [0.1, 0.15) is 26.5 Å². The monoisotopic (exact) mass is 400 g/mol. The molecule has 0 aliphatic carbocycles. The zero-order valence-corrected chi connectivity index (χ0v) is 15.8. The molecule has 0 aliphatic rings. The minimum atomic E-state index is -1.11. The lowest BCUT2D eigenvalue weighted by Crippen LogP contribution is -2.31. The predicted molar refractivity (Wildman–Crippen MR) is 103 cm³/mol. The molecule has 3 aromatic rings. The summed E-state index contributed by atoms with van der Waals surface area (Å²) in [5, 5.41) is 9.47. The molecule has 28 heavy (non-hydrogen) atoms. The highest BCUT2D eigenvalue weighted by atomic mass is 32.1. The molecule has 1 N–H and O–H groups in total. The number of anilines is 1. The number of ether oxygens (including phenoxy) is 1. The molecule has 0 unspecified atom stereocenters. The standard InChI is InChI=1S/C20H17FN2O4S/c1-13-17(18(24)25)28-19(22-13)23(11-14-7-9-16(21)10-8-14)20(26)27-12-15-5-3-2-4-6-15/h2-10H,11-12H2,1H3,(H,24,25). The second-order valence-electron chi connectivity index (χ2n) is 5.97. The van der Waals surface area contributed by atoms with E-state index < -0.39 is 12.1 Å². The zero-order chi connectivity index (χ0) is 20.1. The van der Waals surface area contributed by atoms with E-state index in [1.807, 2.05) is 30.3 Å². The number of carbonyl (C=O) groups is 2. The first-order chi connectivity index (χ1) is 13.4. The van der Waals surface area contributed by atoms with Gasteiger partial charge in [0.2, 0.25) is 0 Å². The number of carbonyl (C=O) groups excluding carboxylic acids is 1. The summed E-state index contributed by atoms with van der Waals surface area (Å²) in [6.45, 7) is 1.70. The largest absolute Gasteiger partial charge is 0.477 e. The lowest BCUT2D eigenvalue weighted by atomic mass is 10.2. The second-order valence-corrected chi connectivity index (χ2v) is 6.95. The van der Waals surface area contributed by atoms with Crippen LogP contribution < -0.4 is 4.90 Å². The summed E-state index contributed by atoms with van der Waals surface area (Å²) >= 11 is 0.888. The lowest BCUT2D eigenvalue weighted by molar-refractivity contribution is 0.0701. The summed E-state index contributed by atoms with van der Waals surface area (Å²) in [5.41, 5.74) is 1.79. The number of halogens is 1. The fourth-order valence-corrected chi connectivity index (χ4v) is 3.37. The maximum absolute atomic E-state index is 13.2. The fourth-order valence-electron chi connectivity index (χ4n) is 2.48. The van der Waals surface area contributed by atoms with Gasteiger partial charge in [0.05, 0.1) is 12.2 Å². The summed E-state index contributed by atoms with van der Waals surface area (Å²) in [7, 11) is 0. The molecule has 144 valence electrons. The maximum Gasteiger partial charge on any atom is 0.416 e. The van der Waals surface area contributed by atoms with Crippen LogP contribution in [0.25, 0.3) is 0 Å². The third-order valence-electron chi connectivity index (χ3n) is 3.89. The first-order valence-electron chi connectivity index (χ1n) is 8.37. The molecule has 6 nitrogen and oxygen atoms in total. The number of benzene rings is 2. The summed E-state index contributed by atoms with van der Waals surface area (Å²) in [5.74, 6) is -1.50. The summed E-state index contributed by atoms with van der Waals surface area (Å²) in [6, 6.07) is 14.9. The number of aromatic carboxylic acids is 1. The van der Waals surface area contributed by atoms with Gasteiger partial charge in [-0.1, -0.05) is 53.8 Å². The van der Waals surface area contributed by atoms with Crippen LogP contribution in [-0.4, -0.2) is 22.2 Å².